The topological polar surface area (TPSA) is 81.0 Å². The second kappa shape index (κ2) is 3.98. The van der Waals surface area contributed by atoms with Gasteiger partial charge < -0.3 is 0 Å². The first kappa shape index (κ1) is 11.5. The molecule has 0 bridgehead atoms. The van der Waals surface area contributed by atoms with Crippen molar-refractivity contribution in [2.45, 2.75) is 13.5 Å². The van der Waals surface area contributed by atoms with E-state index < -0.39 is 11.7 Å². The zero-order valence-corrected chi connectivity index (χ0v) is 10.5. The molecular formula is C12H11N5O2. The number of hydrogen-bond acceptors (Lipinski definition) is 5. The van der Waals surface area contributed by atoms with Crippen molar-refractivity contribution in [2.24, 2.45) is 7.05 Å². The van der Waals surface area contributed by atoms with Gasteiger partial charge in [-0.3, -0.25) is 14.5 Å². The molecule has 0 saturated heterocycles. The van der Waals surface area contributed by atoms with Gasteiger partial charge in [0.2, 0.25) is 0 Å². The highest BCUT2D eigenvalue weighted by molar-refractivity contribution is 6.52. The van der Waals surface area contributed by atoms with Crippen LogP contribution in [0.25, 0.3) is 0 Å². The maximum Gasteiger partial charge on any atom is 0.299 e. The average Bonchev–Trinajstić information content (AvgIpc) is 2.89. The number of para-hydroxylation sites is 1. The molecule has 0 radical (unpaired) electrons. The summed E-state index contributed by atoms with van der Waals surface area (Å²) in [5.74, 6) is -0.626. The van der Waals surface area contributed by atoms with E-state index in [1.807, 2.05) is 13.0 Å². The Bertz CT molecular complexity index is 691. The number of anilines is 1. The van der Waals surface area contributed by atoms with E-state index in [0.717, 1.165) is 5.56 Å². The number of carbonyl (C=O) groups excluding carboxylic acids is 2. The zero-order chi connectivity index (χ0) is 13.6. The summed E-state index contributed by atoms with van der Waals surface area (Å²) in [5, 5.41) is 11.6. The molecule has 0 saturated carbocycles. The van der Waals surface area contributed by atoms with Crippen molar-refractivity contribution in [1.29, 1.82) is 0 Å². The van der Waals surface area contributed by atoms with Gasteiger partial charge in [0.05, 0.1) is 24.8 Å². The van der Waals surface area contributed by atoms with E-state index in [0.29, 0.717) is 17.1 Å². The summed E-state index contributed by atoms with van der Waals surface area (Å²) < 4.78 is 0. The first-order valence-electron chi connectivity index (χ1n) is 5.76. The predicted octanol–water partition coefficient (Wildman–Crippen LogP) is 0.248. The molecule has 2 aromatic rings. The molecule has 1 amide bonds. The molecule has 1 aliphatic rings. The molecule has 3 rings (SSSR count). The fraction of sp³-hybridized carbons (Fsp3) is 0.250. The summed E-state index contributed by atoms with van der Waals surface area (Å²) in [5.41, 5.74) is 1.96. The van der Waals surface area contributed by atoms with Gasteiger partial charge in [0.1, 0.15) is 0 Å². The van der Waals surface area contributed by atoms with E-state index in [1.54, 1.807) is 19.2 Å². The molecule has 7 heteroatoms. The number of rotatable bonds is 2. The number of Topliss-reactive ketones (excluding diaryl/α,β-unsaturated/α-hetero) is 1. The van der Waals surface area contributed by atoms with E-state index in [1.165, 1.54) is 9.70 Å². The number of carbonyl (C=O) groups is 2. The van der Waals surface area contributed by atoms with Crippen molar-refractivity contribution in [3.63, 3.8) is 0 Å². The Balaban J connectivity index is 2.04. The van der Waals surface area contributed by atoms with Crippen LogP contribution in [0.2, 0.25) is 0 Å². The van der Waals surface area contributed by atoms with E-state index in [2.05, 4.69) is 15.4 Å². The fourth-order valence-electron chi connectivity index (χ4n) is 2.22. The molecule has 2 heterocycles. The van der Waals surface area contributed by atoms with Gasteiger partial charge in [-0.2, -0.15) is 4.80 Å². The number of aryl methyl sites for hydroxylation is 2. The first-order chi connectivity index (χ1) is 9.08. The number of amides is 1. The second-order valence-electron chi connectivity index (χ2n) is 4.39. The highest BCUT2D eigenvalue weighted by Crippen LogP contribution is 2.32. The number of aromatic nitrogens is 4. The van der Waals surface area contributed by atoms with Crippen LogP contribution in [0.1, 0.15) is 21.7 Å². The first-order valence-corrected chi connectivity index (χ1v) is 5.76. The summed E-state index contributed by atoms with van der Waals surface area (Å²) in [7, 11) is 1.65. The number of tetrazole rings is 1. The standard InChI is InChI=1S/C12H11N5O2/c1-7-4-3-5-8-10(7)17(12(19)11(8)18)6-9-13-15-16(2)14-9/h3-5H,6H2,1-2H3. The lowest BCUT2D eigenvalue weighted by Crippen LogP contribution is -2.30. The van der Waals surface area contributed by atoms with Crippen molar-refractivity contribution in [2.75, 3.05) is 4.90 Å². The molecule has 96 valence electrons. The van der Waals surface area contributed by atoms with E-state index in [4.69, 9.17) is 0 Å². The Morgan fingerprint density at radius 3 is 2.74 bits per heavy atom. The smallest absolute Gasteiger partial charge is 0.297 e. The van der Waals surface area contributed by atoms with Gasteiger partial charge >= 0.3 is 0 Å². The Hall–Kier alpha value is -2.57. The van der Waals surface area contributed by atoms with E-state index in [-0.39, 0.29) is 6.54 Å². The number of benzene rings is 1. The Labute approximate surface area is 108 Å². The lowest BCUT2D eigenvalue weighted by Gasteiger charge is -2.16. The molecule has 0 N–H and O–H groups in total. The third kappa shape index (κ3) is 1.70. The van der Waals surface area contributed by atoms with Crippen LogP contribution < -0.4 is 4.90 Å². The molecule has 0 aliphatic carbocycles. The van der Waals surface area contributed by atoms with Crippen molar-refractivity contribution < 1.29 is 9.59 Å². The molecule has 0 unspecified atom stereocenters. The van der Waals surface area contributed by atoms with Gasteiger partial charge in [0, 0.05) is 0 Å². The maximum absolute atomic E-state index is 12.0. The fourth-order valence-corrected chi connectivity index (χ4v) is 2.22. The third-order valence-corrected chi connectivity index (χ3v) is 3.04. The predicted molar refractivity (Wildman–Crippen MR) is 65.5 cm³/mol. The maximum atomic E-state index is 12.0. The van der Waals surface area contributed by atoms with Gasteiger partial charge in [0.15, 0.2) is 5.82 Å². The quantitative estimate of drug-likeness (QED) is 0.720. The summed E-state index contributed by atoms with van der Waals surface area (Å²) in [6.07, 6.45) is 0. The number of ketones is 1. The summed E-state index contributed by atoms with van der Waals surface area (Å²) in [6, 6.07) is 5.29. The SMILES string of the molecule is Cc1cccc2c1N(Cc1nnn(C)n1)C(=O)C2=O. The molecule has 19 heavy (non-hydrogen) atoms. The van der Waals surface area contributed by atoms with Crippen LogP contribution in [0.15, 0.2) is 18.2 Å². The second-order valence-corrected chi connectivity index (χ2v) is 4.39. The van der Waals surface area contributed by atoms with Crippen LogP contribution in [-0.4, -0.2) is 31.9 Å². The van der Waals surface area contributed by atoms with Crippen LogP contribution in [0.4, 0.5) is 5.69 Å². The molecule has 1 aromatic heterocycles. The normalized spacial score (nSPS) is 14.1. The van der Waals surface area contributed by atoms with Gasteiger partial charge in [-0.15, -0.1) is 10.2 Å². The molecule has 0 spiro atoms. The van der Waals surface area contributed by atoms with Crippen LogP contribution >= 0.6 is 0 Å². The van der Waals surface area contributed by atoms with Gasteiger partial charge in [0.25, 0.3) is 11.7 Å². The van der Waals surface area contributed by atoms with Gasteiger partial charge in [-0.1, -0.05) is 12.1 Å². The Morgan fingerprint density at radius 1 is 1.26 bits per heavy atom. The lowest BCUT2D eigenvalue weighted by atomic mass is 10.1. The summed E-state index contributed by atoms with van der Waals surface area (Å²) in [4.78, 5) is 26.6. The van der Waals surface area contributed by atoms with Crippen LogP contribution in [-0.2, 0) is 18.4 Å². The minimum absolute atomic E-state index is 0.149. The molecule has 0 atom stereocenters. The molecule has 1 aliphatic heterocycles. The monoisotopic (exact) mass is 257 g/mol. The summed E-state index contributed by atoms with van der Waals surface area (Å²) >= 11 is 0. The highest BCUT2D eigenvalue weighted by atomic mass is 16.2. The number of nitrogens with zero attached hydrogens (tertiary/aromatic N) is 5. The van der Waals surface area contributed by atoms with Gasteiger partial charge in [-0.25, -0.2) is 0 Å². The lowest BCUT2D eigenvalue weighted by molar-refractivity contribution is -0.114. The van der Waals surface area contributed by atoms with Crippen LogP contribution in [0, 0.1) is 6.92 Å². The minimum Gasteiger partial charge on any atom is -0.297 e. The molecule has 0 fully saturated rings. The number of fused-ring (bicyclic) bond motifs is 1. The Kier molecular flexibility index (Phi) is 2.41. The largest absolute Gasteiger partial charge is 0.299 e. The molecular weight excluding hydrogens is 246 g/mol. The Morgan fingerprint density at radius 2 is 2.05 bits per heavy atom. The summed E-state index contributed by atoms with van der Waals surface area (Å²) in [6.45, 7) is 2.01. The van der Waals surface area contributed by atoms with Crippen LogP contribution in [0.3, 0.4) is 0 Å². The van der Waals surface area contributed by atoms with Crippen molar-refractivity contribution in [3.8, 4) is 0 Å². The van der Waals surface area contributed by atoms with Gasteiger partial charge in [-0.05, 0) is 23.8 Å². The number of hydrogen-bond donors (Lipinski definition) is 0. The molecule has 1 aromatic carbocycles. The van der Waals surface area contributed by atoms with Crippen molar-refractivity contribution in [3.05, 3.63) is 35.2 Å². The van der Waals surface area contributed by atoms with Crippen molar-refractivity contribution in [1.82, 2.24) is 20.2 Å². The van der Waals surface area contributed by atoms with Crippen molar-refractivity contribution >= 4 is 17.4 Å². The van der Waals surface area contributed by atoms with E-state index in [9.17, 15) is 9.59 Å². The molecule has 7 nitrogen and oxygen atoms in total. The zero-order valence-electron chi connectivity index (χ0n) is 10.5. The average molecular weight is 257 g/mol. The highest BCUT2D eigenvalue weighted by Gasteiger charge is 2.37. The van der Waals surface area contributed by atoms with Crippen LogP contribution in [0.5, 0.6) is 0 Å². The minimum atomic E-state index is -0.545. The third-order valence-electron chi connectivity index (χ3n) is 3.04. The van der Waals surface area contributed by atoms with E-state index >= 15 is 0 Å².